The predicted octanol–water partition coefficient (Wildman–Crippen LogP) is 2.85. The normalized spacial score (nSPS) is 10.8. The molecule has 0 amide bonds. The zero-order chi connectivity index (χ0) is 13.2. The van der Waals surface area contributed by atoms with Crippen LogP contribution in [0.25, 0.3) is 10.8 Å². The van der Waals surface area contributed by atoms with Gasteiger partial charge in [0.05, 0.1) is 17.9 Å². The van der Waals surface area contributed by atoms with Crippen LogP contribution in [0.15, 0.2) is 34.9 Å². The summed E-state index contributed by atoms with van der Waals surface area (Å²) < 4.78 is 5.16. The summed E-state index contributed by atoms with van der Waals surface area (Å²) in [6.45, 7) is 4.40. The van der Waals surface area contributed by atoms with Gasteiger partial charge in [0.25, 0.3) is 0 Å². The van der Waals surface area contributed by atoms with E-state index in [0.717, 1.165) is 33.7 Å². The van der Waals surface area contributed by atoms with E-state index in [1.165, 1.54) is 0 Å². The first-order valence-corrected chi connectivity index (χ1v) is 6.12. The van der Waals surface area contributed by atoms with E-state index >= 15 is 0 Å². The maximum absolute atomic E-state index is 5.16. The van der Waals surface area contributed by atoms with E-state index in [4.69, 9.17) is 4.52 Å². The van der Waals surface area contributed by atoms with Crippen molar-refractivity contribution in [2.45, 2.75) is 20.4 Å². The minimum Gasteiger partial charge on any atom is -0.361 e. The van der Waals surface area contributed by atoms with Crippen molar-refractivity contribution in [1.82, 2.24) is 15.4 Å². The summed E-state index contributed by atoms with van der Waals surface area (Å²) in [5.74, 6) is 1.54. The van der Waals surface area contributed by atoms with Gasteiger partial charge in [-0.1, -0.05) is 29.4 Å². The number of aryl methyl sites for hydroxylation is 2. The van der Waals surface area contributed by atoms with Gasteiger partial charge in [-0.2, -0.15) is 5.10 Å². The Kier molecular flexibility index (Phi) is 2.87. The van der Waals surface area contributed by atoms with Crippen molar-refractivity contribution in [3.8, 4) is 0 Å². The monoisotopic (exact) mass is 254 g/mol. The zero-order valence-corrected chi connectivity index (χ0v) is 10.8. The summed E-state index contributed by atoms with van der Waals surface area (Å²) in [5, 5.41) is 17.6. The van der Waals surface area contributed by atoms with Crippen molar-refractivity contribution < 1.29 is 4.52 Å². The molecule has 19 heavy (non-hydrogen) atoms. The fraction of sp³-hybridized carbons (Fsp3) is 0.214. The van der Waals surface area contributed by atoms with Crippen molar-refractivity contribution in [3.05, 3.63) is 47.5 Å². The van der Waals surface area contributed by atoms with Gasteiger partial charge in [0.1, 0.15) is 0 Å². The van der Waals surface area contributed by atoms with Gasteiger partial charge in [-0.3, -0.25) is 0 Å². The van der Waals surface area contributed by atoms with Gasteiger partial charge in [-0.05, 0) is 13.8 Å². The Labute approximate surface area is 110 Å². The first-order chi connectivity index (χ1) is 9.24. The van der Waals surface area contributed by atoms with E-state index in [1.54, 1.807) is 0 Å². The lowest BCUT2D eigenvalue weighted by molar-refractivity contribution is 0.384. The summed E-state index contributed by atoms with van der Waals surface area (Å²) in [5.41, 5.74) is 1.80. The molecular formula is C14H14N4O. The SMILES string of the molecule is Cc1cc(CNc2nnc(C)c3ccccc23)on1. The molecule has 5 nitrogen and oxygen atoms in total. The minimum absolute atomic E-state index is 0.544. The van der Waals surface area contributed by atoms with Crippen LogP contribution in [0.3, 0.4) is 0 Å². The molecule has 0 aliphatic rings. The standard InChI is InChI=1S/C14H14N4O/c1-9-7-11(19-18-9)8-15-14-13-6-4-3-5-12(13)10(2)16-17-14/h3-7H,8H2,1-2H3,(H,15,17). The van der Waals surface area contributed by atoms with Crippen LogP contribution in [-0.2, 0) is 6.54 Å². The van der Waals surface area contributed by atoms with Crippen LogP contribution in [0.1, 0.15) is 17.1 Å². The van der Waals surface area contributed by atoms with Gasteiger partial charge >= 0.3 is 0 Å². The topological polar surface area (TPSA) is 63.8 Å². The minimum atomic E-state index is 0.544. The molecule has 0 bridgehead atoms. The van der Waals surface area contributed by atoms with Crippen LogP contribution in [-0.4, -0.2) is 15.4 Å². The number of fused-ring (bicyclic) bond motifs is 1. The van der Waals surface area contributed by atoms with Crippen LogP contribution in [0.2, 0.25) is 0 Å². The fourth-order valence-electron chi connectivity index (χ4n) is 2.04. The van der Waals surface area contributed by atoms with E-state index < -0.39 is 0 Å². The van der Waals surface area contributed by atoms with E-state index in [1.807, 2.05) is 44.2 Å². The molecule has 0 saturated carbocycles. The van der Waals surface area contributed by atoms with Gasteiger partial charge < -0.3 is 9.84 Å². The summed E-state index contributed by atoms with van der Waals surface area (Å²) in [6.07, 6.45) is 0. The van der Waals surface area contributed by atoms with Crippen LogP contribution in [0, 0.1) is 13.8 Å². The number of anilines is 1. The van der Waals surface area contributed by atoms with Crippen LogP contribution in [0.5, 0.6) is 0 Å². The average molecular weight is 254 g/mol. The van der Waals surface area contributed by atoms with E-state index in [2.05, 4.69) is 20.7 Å². The molecule has 96 valence electrons. The second kappa shape index (κ2) is 4.68. The van der Waals surface area contributed by atoms with Crippen LogP contribution < -0.4 is 5.32 Å². The predicted molar refractivity (Wildman–Crippen MR) is 72.8 cm³/mol. The molecule has 0 unspecified atom stereocenters. The van der Waals surface area contributed by atoms with Gasteiger partial charge in [-0.25, -0.2) is 0 Å². The van der Waals surface area contributed by atoms with Gasteiger partial charge in [0.2, 0.25) is 0 Å². The molecule has 0 saturated heterocycles. The second-order valence-corrected chi connectivity index (χ2v) is 4.47. The molecule has 0 aliphatic carbocycles. The number of benzene rings is 1. The summed E-state index contributed by atoms with van der Waals surface area (Å²) in [6, 6.07) is 9.97. The third kappa shape index (κ3) is 2.27. The first-order valence-electron chi connectivity index (χ1n) is 6.12. The summed E-state index contributed by atoms with van der Waals surface area (Å²) in [4.78, 5) is 0. The molecule has 0 spiro atoms. The molecule has 0 radical (unpaired) electrons. The highest BCUT2D eigenvalue weighted by Crippen LogP contribution is 2.22. The molecule has 5 heteroatoms. The lowest BCUT2D eigenvalue weighted by Gasteiger charge is -2.07. The molecule has 0 atom stereocenters. The van der Waals surface area contributed by atoms with E-state index in [9.17, 15) is 0 Å². The van der Waals surface area contributed by atoms with Crippen molar-refractivity contribution in [2.75, 3.05) is 5.32 Å². The fourth-order valence-corrected chi connectivity index (χ4v) is 2.04. The van der Waals surface area contributed by atoms with Crippen molar-refractivity contribution in [3.63, 3.8) is 0 Å². The molecule has 3 rings (SSSR count). The Morgan fingerprint density at radius 1 is 1.11 bits per heavy atom. The average Bonchev–Trinajstić information content (AvgIpc) is 2.84. The third-order valence-corrected chi connectivity index (χ3v) is 2.98. The lowest BCUT2D eigenvalue weighted by atomic mass is 10.1. The highest BCUT2D eigenvalue weighted by molar-refractivity contribution is 5.92. The maximum atomic E-state index is 5.16. The highest BCUT2D eigenvalue weighted by Gasteiger charge is 2.07. The number of hydrogen-bond donors (Lipinski definition) is 1. The quantitative estimate of drug-likeness (QED) is 0.778. The molecule has 2 aromatic heterocycles. The molecule has 3 aromatic rings. The molecule has 1 aromatic carbocycles. The van der Waals surface area contributed by atoms with Crippen molar-refractivity contribution in [2.24, 2.45) is 0 Å². The number of hydrogen-bond acceptors (Lipinski definition) is 5. The Hall–Kier alpha value is -2.43. The Morgan fingerprint density at radius 3 is 2.63 bits per heavy atom. The van der Waals surface area contributed by atoms with Crippen LogP contribution in [0.4, 0.5) is 5.82 Å². The smallest absolute Gasteiger partial charge is 0.156 e. The van der Waals surface area contributed by atoms with Crippen molar-refractivity contribution >= 4 is 16.6 Å². The Morgan fingerprint density at radius 2 is 1.89 bits per heavy atom. The third-order valence-electron chi connectivity index (χ3n) is 2.98. The number of rotatable bonds is 3. The number of nitrogens with one attached hydrogen (secondary N) is 1. The zero-order valence-electron chi connectivity index (χ0n) is 10.8. The van der Waals surface area contributed by atoms with Crippen molar-refractivity contribution in [1.29, 1.82) is 0 Å². The number of aromatic nitrogens is 3. The summed E-state index contributed by atoms with van der Waals surface area (Å²) >= 11 is 0. The molecule has 2 heterocycles. The van der Waals surface area contributed by atoms with Crippen LogP contribution >= 0.6 is 0 Å². The van der Waals surface area contributed by atoms with E-state index in [0.29, 0.717) is 6.54 Å². The lowest BCUT2D eigenvalue weighted by Crippen LogP contribution is -2.03. The summed E-state index contributed by atoms with van der Waals surface area (Å²) in [7, 11) is 0. The van der Waals surface area contributed by atoms with Gasteiger partial charge in [-0.15, -0.1) is 5.10 Å². The molecule has 1 N–H and O–H groups in total. The number of nitrogens with zero attached hydrogens (tertiary/aromatic N) is 3. The maximum Gasteiger partial charge on any atom is 0.156 e. The van der Waals surface area contributed by atoms with E-state index in [-0.39, 0.29) is 0 Å². The second-order valence-electron chi connectivity index (χ2n) is 4.47. The molecule has 0 fully saturated rings. The molecule has 0 aliphatic heterocycles. The molecular weight excluding hydrogens is 240 g/mol. The van der Waals surface area contributed by atoms with Gasteiger partial charge in [0, 0.05) is 16.8 Å². The largest absolute Gasteiger partial charge is 0.361 e. The highest BCUT2D eigenvalue weighted by atomic mass is 16.5. The van der Waals surface area contributed by atoms with Gasteiger partial charge in [0.15, 0.2) is 11.6 Å². The Balaban J connectivity index is 1.91. The Bertz CT molecular complexity index is 720. The first kappa shape index (κ1) is 11.6.